The molecule has 17 heavy (non-hydrogen) atoms. The maximum atomic E-state index is 12.0. The highest BCUT2D eigenvalue weighted by molar-refractivity contribution is 14.1. The number of benzene rings is 2. The minimum atomic E-state index is -0.0858. The summed E-state index contributed by atoms with van der Waals surface area (Å²) in [6.45, 7) is 0. The molecular formula is C13H9BrINO. The van der Waals surface area contributed by atoms with Crippen molar-refractivity contribution in [2.75, 3.05) is 5.32 Å². The molecule has 0 atom stereocenters. The van der Waals surface area contributed by atoms with Crippen molar-refractivity contribution in [3.63, 3.8) is 0 Å². The third-order valence-corrected chi connectivity index (χ3v) is 3.69. The molecule has 0 aliphatic carbocycles. The highest BCUT2D eigenvalue weighted by Crippen LogP contribution is 2.17. The average molecular weight is 402 g/mol. The zero-order valence-electron chi connectivity index (χ0n) is 8.78. The molecule has 0 spiro atoms. The van der Waals surface area contributed by atoms with Gasteiger partial charge >= 0.3 is 0 Å². The van der Waals surface area contributed by atoms with Crippen molar-refractivity contribution in [1.29, 1.82) is 0 Å². The summed E-state index contributed by atoms with van der Waals surface area (Å²) in [5.74, 6) is -0.0858. The Morgan fingerprint density at radius 3 is 2.35 bits per heavy atom. The van der Waals surface area contributed by atoms with E-state index in [1.165, 1.54) is 0 Å². The van der Waals surface area contributed by atoms with Gasteiger partial charge in [0.05, 0.1) is 5.56 Å². The Kier molecular flexibility index (Phi) is 4.17. The summed E-state index contributed by atoms with van der Waals surface area (Å²) in [5.41, 5.74) is 1.48. The molecule has 0 bridgehead atoms. The molecule has 0 aliphatic heterocycles. The smallest absolute Gasteiger partial charge is 0.256 e. The summed E-state index contributed by atoms with van der Waals surface area (Å²) in [7, 11) is 0. The van der Waals surface area contributed by atoms with Gasteiger partial charge in [0.25, 0.3) is 5.91 Å². The van der Waals surface area contributed by atoms with Crippen LogP contribution in [0, 0.1) is 3.57 Å². The van der Waals surface area contributed by atoms with Crippen LogP contribution in [0.2, 0.25) is 0 Å². The molecule has 86 valence electrons. The Bertz CT molecular complexity index is 539. The molecule has 2 rings (SSSR count). The second-order valence-corrected chi connectivity index (χ2v) is 5.52. The Labute approximate surface area is 122 Å². The molecule has 0 saturated heterocycles. The largest absolute Gasteiger partial charge is 0.322 e. The number of amides is 1. The minimum Gasteiger partial charge on any atom is -0.322 e. The van der Waals surface area contributed by atoms with Crippen molar-refractivity contribution < 1.29 is 4.79 Å². The second kappa shape index (κ2) is 5.64. The molecule has 4 heteroatoms. The van der Waals surface area contributed by atoms with Crippen LogP contribution in [0.25, 0.3) is 0 Å². The van der Waals surface area contributed by atoms with Gasteiger partial charge in [0, 0.05) is 13.7 Å². The lowest BCUT2D eigenvalue weighted by molar-refractivity contribution is 0.102. The van der Waals surface area contributed by atoms with Gasteiger partial charge in [0.2, 0.25) is 0 Å². The quantitative estimate of drug-likeness (QED) is 0.746. The predicted molar refractivity (Wildman–Crippen MR) is 81.3 cm³/mol. The SMILES string of the molecule is O=C(Nc1ccc(Br)cc1)c1ccccc1I. The Hall–Kier alpha value is -0.880. The number of carbonyl (C=O) groups is 1. The maximum Gasteiger partial charge on any atom is 0.256 e. The Morgan fingerprint density at radius 1 is 1.06 bits per heavy atom. The standard InChI is InChI=1S/C13H9BrINO/c14-9-5-7-10(8-6-9)16-13(17)11-3-1-2-4-12(11)15/h1-8H,(H,16,17). The first kappa shape index (κ1) is 12.6. The second-order valence-electron chi connectivity index (χ2n) is 3.44. The summed E-state index contributed by atoms with van der Waals surface area (Å²) in [6, 6.07) is 15.0. The highest BCUT2D eigenvalue weighted by atomic mass is 127. The van der Waals surface area contributed by atoms with Crippen molar-refractivity contribution in [2.24, 2.45) is 0 Å². The molecule has 1 N–H and O–H groups in total. The first-order chi connectivity index (χ1) is 8.16. The highest BCUT2D eigenvalue weighted by Gasteiger charge is 2.08. The molecule has 0 saturated carbocycles. The van der Waals surface area contributed by atoms with Gasteiger partial charge in [-0.15, -0.1) is 0 Å². The van der Waals surface area contributed by atoms with Gasteiger partial charge in [-0.05, 0) is 59.0 Å². The van der Waals surface area contributed by atoms with Crippen LogP contribution in [0.5, 0.6) is 0 Å². The fourth-order valence-corrected chi connectivity index (χ4v) is 2.27. The molecule has 1 amide bonds. The van der Waals surface area contributed by atoms with E-state index in [-0.39, 0.29) is 5.91 Å². The van der Waals surface area contributed by atoms with E-state index in [0.717, 1.165) is 13.7 Å². The van der Waals surface area contributed by atoms with E-state index in [4.69, 9.17) is 0 Å². The van der Waals surface area contributed by atoms with Crippen molar-refractivity contribution in [1.82, 2.24) is 0 Å². The van der Waals surface area contributed by atoms with Crippen LogP contribution in [0.1, 0.15) is 10.4 Å². The summed E-state index contributed by atoms with van der Waals surface area (Å²) in [6.07, 6.45) is 0. The van der Waals surface area contributed by atoms with Gasteiger partial charge in [-0.2, -0.15) is 0 Å². The van der Waals surface area contributed by atoms with E-state index < -0.39 is 0 Å². The minimum absolute atomic E-state index is 0.0858. The van der Waals surface area contributed by atoms with Crippen LogP contribution >= 0.6 is 38.5 Å². The van der Waals surface area contributed by atoms with Crippen LogP contribution in [-0.2, 0) is 0 Å². The molecule has 2 aromatic carbocycles. The molecule has 0 heterocycles. The fourth-order valence-electron chi connectivity index (χ4n) is 1.38. The molecule has 0 fully saturated rings. The molecule has 0 radical (unpaired) electrons. The van der Waals surface area contributed by atoms with E-state index in [9.17, 15) is 4.79 Å². The lowest BCUT2D eigenvalue weighted by atomic mass is 10.2. The zero-order valence-corrected chi connectivity index (χ0v) is 12.5. The topological polar surface area (TPSA) is 29.1 Å². The summed E-state index contributed by atoms with van der Waals surface area (Å²) in [4.78, 5) is 12.0. The van der Waals surface area contributed by atoms with Crippen LogP contribution in [0.15, 0.2) is 53.0 Å². The van der Waals surface area contributed by atoms with Crippen molar-refractivity contribution in [2.45, 2.75) is 0 Å². The molecule has 0 unspecified atom stereocenters. The monoisotopic (exact) mass is 401 g/mol. The zero-order chi connectivity index (χ0) is 12.3. The van der Waals surface area contributed by atoms with E-state index in [2.05, 4.69) is 43.8 Å². The number of anilines is 1. The van der Waals surface area contributed by atoms with E-state index in [1.807, 2.05) is 48.5 Å². The fraction of sp³-hybridized carbons (Fsp3) is 0. The lowest BCUT2D eigenvalue weighted by Crippen LogP contribution is -2.13. The Morgan fingerprint density at radius 2 is 1.71 bits per heavy atom. The van der Waals surface area contributed by atoms with Gasteiger partial charge in [-0.3, -0.25) is 4.79 Å². The third-order valence-electron chi connectivity index (χ3n) is 2.22. The van der Waals surface area contributed by atoms with Crippen molar-refractivity contribution in [3.05, 3.63) is 62.1 Å². The number of halogens is 2. The Balaban J connectivity index is 2.17. The maximum absolute atomic E-state index is 12.0. The van der Waals surface area contributed by atoms with Gasteiger partial charge in [0.15, 0.2) is 0 Å². The normalized spacial score (nSPS) is 10.0. The molecular weight excluding hydrogens is 393 g/mol. The predicted octanol–water partition coefficient (Wildman–Crippen LogP) is 4.31. The summed E-state index contributed by atoms with van der Waals surface area (Å²) >= 11 is 5.51. The first-order valence-electron chi connectivity index (χ1n) is 4.98. The lowest BCUT2D eigenvalue weighted by Gasteiger charge is -2.06. The molecule has 2 aromatic rings. The summed E-state index contributed by atoms with van der Waals surface area (Å²) < 4.78 is 1.93. The van der Waals surface area contributed by atoms with Crippen LogP contribution in [0.4, 0.5) is 5.69 Å². The van der Waals surface area contributed by atoms with Gasteiger partial charge in [-0.25, -0.2) is 0 Å². The summed E-state index contributed by atoms with van der Waals surface area (Å²) in [5, 5.41) is 2.86. The van der Waals surface area contributed by atoms with Gasteiger partial charge < -0.3 is 5.32 Å². The molecule has 0 aromatic heterocycles. The van der Waals surface area contributed by atoms with E-state index in [0.29, 0.717) is 5.56 Å². The number of nitrogens with one attached hydrogen (secondary N) is 1. The van der Waals surface area contributed by atoms with Gasteiger partial charge in [-0.1, -0.05) is 28.1 Å². The first-order valence-corrected chi connectivity index (χ1v) is 6.85. The average Bonchev–Trinajstić information content (AvgIpc) is 2.32. The number of rotatable bonds is 2. The van der Waals surface area contributed by atoms with Crippen LogP contribution < -0.4 is 5.32 Å². The van der Waals surface area contributed by atoms with Crippen LogP contribution in [-0.4, -0.2) is 5.91 Å². The van der Waals surface area contributed by atoms with E-state index >= 15 is 0 Å². The molecule has 2 nitrogen and oxygen atoms in total. The number of hydrogen-bond donors (Lipinski definition) is 1. The van der Waals surface area contributed by atoms with E-state index in [1.54, 1.807) is 0 Å². The molecule has 0 aliphatic rings. The van der Waals surface area contributed by atoms with Crippen molar-refractivity contribution >= 4 is 50.1 Å². The van der Waals surface area contributed by atoms with Crippen LogP contribution in [0.3, 0.4) is 0 Å². The number of hydrogen-bond acceptors (Lipinski definition) is 1. The number of carbonyl (C=O) groups excluding carboxylic acids is 1. The third kappa shape index (κ3) is 3.29. The van der Waals surface area contributed by atoms with Gasteiger partial charge in [0.1, 0.15) is 0 Å². The van der Waals surface area contributed by atoms with Crippen molar-refractivity contribution in [3.8, 4) is 0 Å².